The Balaban J connectivity index is 2.44. The highest BCUT2D eigenvalue weighted by Gasteiger charge is 2.19. The first-order chi connectivity index (χ1) is 10.9. The van der Waals surface area contributed by atoms with E-state index in [1.807, 2.05) is 0 Å². The van der Waals surface area contributed by atoms with Crippen molar-refractivity contribution in [1.29, 1.82) is 0 Å². The average molecular weight is 398 g/mol. The molecule has 0 heterocycles. The third-order valence-electron chi connectivity index (χ3n) is 2.95. The van der Waals surface area contributed by atoms with Crippen LogP contribution in [-0.2, 0) is 14.8 Å². The van der Waals surface area contributed by atoms with E-state index in [2.05, 4.69) is 25.4 Å². The maximum Gasteiger partial charge on any atom is 0.340 e. The summed E-state index contributed by atoms with van der Waals surface area (Å²) in [6.07, 6.45) is 0.555. The number of nitrogens with one attached hydrogen (secondary N) is 1. The average Bonchev–Trinajstić information content (AvgIpc) is 2.54. The number of halogens is 1. The van der Waals surface area contributed by atoms with Crippen molar-refractivity contribution in [2.75, 3.05) is 11.8 Å². The molecule has 0 fully saturated rings. The van der Waals surface area contributed by atoms with Crippen LogP contribution in [0.1, 0.15) is 20.7 Å². The summed E-state index contributed by atoms with van der Waals surface area (Å²) in [5.74, 6) is -0.748. The predicted molar refractivity (Wildman–Crippen MR) is 88.1 cm³/mol. The lowest BCUT2D eigenvalue weighted by Gasteiger charge is -2.12. The highest BCUT2D eigenvalue weighted by atomic mass is 79.9. The van der Waals surface area contributed by atoms with Crippen molar-refractivity contribution in [2.45, 2.75) is 4.90 Å². The Morgan fingerprint density at radius 2 is 1.83 bits per heavy atom. The van der Waals surface area contributed by atoms with E-state index >= 15 is 0 Å². The second-order valence-electron chi connectivity index (χ2n) is 4.47. The number of sulfonamides is 1. The Labute approximate surface area is 141 Å². The number of hydrogen-bond donors (Lipinski definition) is 1. The summed E-state index contributed by atoms with van der Waals surface area (Å²) in [6.45, 7) is 0. The van der Waals surface area contributed by atoms with Crippen LogP contribution >= 0.6 is 15.9 Å². The fourth-order valence-corrected chi connectivity index (χ4v) is 3.16. The summed E-state index contributed by atoms with van der Waals surface area (Å²) >= 11 is 3.23. The molecule has 120 valence electrons. The number of aldehydes is 1. The van der Waals surface area contributed by atoms with E-state index < -0.39 is 16.0 Å². The van der Waals surface area contributed by atoms with Gasteiger partial charge in [0.1, 0.15) is 6.29 Å². The standard InChI is InChI=1S/C15H12BrNO5S/c1-22-15(19)13-8-10(9-18)2-7-14(13)17-23(20,21)12-5-3-11(16)4-6-12/h2-9,17H,1H3. The molecule has 0 bridgehead atoms. The number of benzene rings is 2. The molecule has 8 heteroatoms. The molecule has 0 aliphatic carbocycles. The first kappa shape index (κ1) is 17.2. The van der Waals surface area contributed by atoms with Gasteiger partial charge in [-0.25, -0.2) is 13.2 Å². The van der Waals surface area contributed by atoms with Gasteiger partial charge in [-0.1, -0.05) is 15.9 Å². The van der Waals surface area contributed by atoms with Gasteiger partial charge in [0.2, 0.25) is 0 Å². The van der Waals surface area contributed by atoms with E-state index in [4.69, 9.17) is 0 Å². The molecule has 6 nitrogen and oxygen atoms in total. The van der Waals surface area contributed by atoms with Crippen LogP contribution in [0.2, 0.25) is 0 Å². The summed E-state index contributed by atoms with van der Waals surface area (Å²) in [4.78, 5) is 22.7. The van der Waals surface area contributed by atoms with Gasteiger partial charge in [0.05, 0.1) is 23.3 Å². The number of esters is 1. The zero-order valence-corrected chi connectivity index (χ0v) is 14.3. The van der Waals surface area contributed by atoms with Crippen LogP contribution in [0.15, 0.2) is 51.8 Å². The van der Waals surface area contributed by atoms with Crippen LogP contribution < -0.4 is 4.72 Å². The number of methoxy groups -OCH3 is 1. The van der Waals surface area contributed by atoms with Crippen LogP contribution in [0.25, 0.3) is 0 Å². The maximum absolute atomic E-state index is 12.4. The molecule has 0 spiro atoms. The second kappa shape index (κ2) is 6.93. The second-order valence-corrected chi connectivity index (χ2v) is 7.07. The zero-order valence-electron chi connectivity index (χ0n) is 11.9. The molecular weight excluding hydrogens is 386 g/mol. The van der Waals surface area contributed by atoms with Gasteiger partial charge >= 0.3 is 5.97 Å². The number of anilines is 1. The lowest BCUT2D eigenvalue weighted by molar-refractivity contribution is 0.0602. The van der Waals surface area contributed by atoms with Crippen molar-refractivity contribution in [1.82, 2.24) is 0 Å². The largest absolute Gasteiger partial charge is 0.465 e. The number of rotatable bonds is 5. The summed E-state index contributed by atoms with van der Waals surface area (Å²) in [5.41, 5.74) is 0.222. The van der Waals surface area contributed by atoms with Gasteiger partial charge in [-0.15, -0.1) is 0 Å². The fraction of sp³-hybridized carbons (Fsp3) is 0.0667. The van der Waals surface area contributed by atoms with Crippen LogP contribution in [0.5, 0.6) is 0 Å². The third kappa shape index (κ3) is 3.96. The Bertz CT molecular complexity index is 847. The number of carbonyl (C=O) groups excluding carboxylic acids is 2. The Morgan fingerprint density at radius 3 is 2.39 bits per heavy atom. The van der Waals surface area contributed by atoms with Gasteiger partial charge in [-0.05, 0) is 42.5 Å². The van der Waals surface area contributed by atoms with Crippen LogP contribution in [0, 0.1) is 0 Å². The molecule has 0 aliphatic rings. The topological polar surface area (TPSA) is 89.5 Å². The first-order valence-electron chi connectivity index (χ1n) is 6.33. The van der Waals surface area contributed by atoms with Crippen molar-refractivity contribution in [2.24, 2.45) is 0 Å². The normalized spacial score (nSPS) is 10.9. The van der Waals surface area contributed by atoms with E-state index in [0.29, 0.717) is 6.29 Å². The number of ether oxygens (including phenoxy) is 1. The summed E-state index contributed by atoms with van der Waals surface area (Å²) in [6, 6.07) is 10.0. The molecule has 0 aliphatic heterocycles. The summed E-state index contributed by atoms with van der Waals surface area (Å²) in [7, 11) is -2.71. The zero-order chi connectivity index (χ0) is 17.0. The smallest absolute Gasteiger partial charge is 0.340 e. The number of hydrogen-bond acceptors (Lipinski definition) is 5. The molecule has 0 amide bonds. The molecular formula is C15H12BrNO5S. The van der Waals surface area contributed by atoms with Crippen molar-refractivity contribution < 1.29 is 22.7 Å². The van der Waals surface area contributed by atoms with Crippen LogP contribution in [-0.4, -0.2) is 27.8 Å². The summed E-state index contributed by atoms with van der Waals surface area (Å²) < 4.78 is 32.4. The monoisotopic (exact) mass is 397 g/mol. The molecule has 2 aromatic carbocycles. The Hall–Kier alpha value is -2.19. The van der Waals surface area contributed by atoms with Crippen molar-refractivity contribution in [3.05, 3.63) is 58.1 Å². The van der Waals surface area contributed by atoms with Crippen LogP contribution in [0.4, 0.5) is 5.69 Å². The quantitative estimate of drug-likeness (QED) is 0.618. The molecule has 2 rings (SSSR count). The molecule has 0 atom stereocenters. The minimum Gasteiger partial charge on any atom is -0.465 e. The lowest BCUT2D eigenvalue weighted by atomic mass is 10.1. The highest BCUT2D eigenvalue weighted by Crippen LogP contribution is 2.23. The molecule has 0 saturated heterocycles. The van der Waals surface area contributed by atoms with Crippen molar-refractivity contribution >= 4 is 43.9 Å². The van der Waals surface area contributed by atoms with E-state index in [1.54, 1.807) is 12.1 Å². The lowest BCUT2D eigenvalue weighted by Crippen LogP contribution is -2.16. The van der Waals surface area contributed by atoms with Gasteiger partial charge in [-0.2, -0.15) is 0 Å². The first-order valence-corrected chi connectivity index (χ1v) is 8.61. The van der Waals surface area contributed by atoms with Gasteiger partial charge in [-0.3, -0.25) is 9.52 Å². The third-order valence-corrected chi connectivity index (χ3v) is 4.86. The maximum atomic E-state index is 12.4. The Kier molecular flexibility index (Phi) is 5.17. The van der Waals surface area contributed by atoms with E-state index in [0.717, 1.165) is 4.47 Å². The predicted octanol–water partition coefficient (Wildman–Crippen LogP) is 2.85. The van der Waals surface area contributed by atoms with E-state index in [-0.39, 0.29) is 21.7 Å². The minimum atomic E-state index is -3.88. The number of carbonyl (C=O) groups is 2. The molecule has 0 saturated carbocycles. The molecule has 23 heavy (non-hydrogen) atoms. The van der Waals surface area contributed by atoms with Crippen LogP contribution in [0.3, 0.4) is 0 Å². The summed E-state index contributed by atoms with van der Waals surface area (Å²) in [5, 5.41) is 0. The van der Waals surface area contributed by atoms with E-state index in [1.165, 1.54) is 37.4 Å². The van der Waals surface area contributed by atoms with Gasteiger partial charge in [0.25, 0.3) is 10.0 Å². The highest BCUT2D eigenvalue weighted by molar-refractivity contribution is 9.10. The molecule has 0 radical (unpaired) electrons. The SMILES string of the molecule is COC(=O)c1cc(C=O)ccc1NS(=O)(=O)c1ccc(Br)cc1. The van der Waals surface area contributed by atoms with Gasteiger partial charge in [0.15, 0.2) is 0 Å². The minimum absolute atomic E-state index is 0.0327. The van der Waals surface area contributed by atoms with Crippen molar-refractivity contribution in [3.8, 4) is 0 Å². The fourth-order valence-electron chi connectivity index (χ4n) is 1.82. The van der Waals surface area contributed by atoms with Gasteiger partial charge in [0, 0.05) is 10.0 Å². The molecule has 0 aromatic heterocycles. The molecule has 1 N–H and O–H groups in total. The Morgan fingerprint density at radius 1 is 1.17 bits per heavy atom. The molecule has 0 unspecified atom stereocenters. The molecule has 2 aromatic rings. The van der Waals surface area contributed by atoms with E-state index in [9.17, 15) is 18.0 Å². The van der Waals surface area contributed by atoms with Crippen molar-refractivity contribution in [3.63, 3.8) is 0 Å². The van der Waals surface area contributed by atoms with Gasteiger partial charge < -0.3 is 4.74 Å².